The molecule has 0 bridgehead atoms. The standard InChI is InChI=1S/C17H23ClN4S.HI/c1-5-19-17(20-10-16-21-11(2)13(4)23-16)22-12(3)14-8-6-7-9-15(14)18;/h6-9,12H,5,10H2,1-4H3,(H2,19,20,22);1H. The molecular weight excluding hydrogens is 455 g/mol. The van der Waals surface area contributed by atoms with Gasteiger partial charge < -0.3 is 10.6 Å². The van der Waals surface area contributed by atoms with Crippen LogP contribution in [0, 0.1) is 13.8 Å². The number of halogens is 2. The molecule has 2 N–H and O–H groups in total. The van der Waals surface area contributed by atoms with Crippen LogP contribution in [0.4, 0.5) is 0 Å². The molecule has 0 saturated heterocycles. The van der Waals surface area contributed by atoms with Crippen molar-refractivity contribution in [3.05, 3.63) is 50.4 Å². The number of benzene rings is 1. The SMILES string of the molecule is CCNC(=NCc1nc(C)c(C)s1)NC(C)c1ccccc1Cl.I. The molecule has 0 amide bonds. The number of aliphatic imine (C=N–C) groups is 1. The molecular formula is C17H24ClIN4S. The lowest BCUT2D eigenvalue weighted by Crippen LogP contribution is -2.38. The Balaban J connectivity index is 0.00000288. The van der Waals surface area contributed by atoms with Gasteiger partial charge in [0.05, 0.1) is 18.3 Å². The Morgan fingerprint density at radius 1 is 1.33 bits per heavy atom. The second-order valence-electron chi connectivity index (χ2n) is 5.33. The van der Waals surface area contributed by atoms with Gasteiger partial charge in [0.2, 0.25) is 0 Å². The number of nitrogens with one attached hydrogen (secondary N) is 2. The molecule has 0 fully saturated rings. The lowest BCUT2D eigenvalue weighted by Gasteiger charge is -2.19. The molecule has 1 aromatic carbocycles. The molecule has 7 heteroatoms. The van der Waals surface area contributed by atoms with E-state index >= 15 is 0 Å². The summed E-state index contributed by atoms with van der Waals surface area (Å²) in [5, 5.41) is 8.45. The van der Waals surface area contributed by atoms with Gasteiger partial charge in [0.25, 0.3) is 0 Å². The van der Waals surface area contributed by atoms with Gasteiger partial charge in [-0.15, -0.1) is 35.3 Å². The van der Waals surface area contributed by atoms with Gasteiger partial charge in [-0.2, -0.15) is 0 Å². The molecule has 0 aliphatic carbocycles. The summed E-state index contributed by atoms with van der Waals surface area (Å²) in [5.74, 6) is 0.769. The average Bonchev–Trinajstić information content (AvgIpc) is 2.84. The molecule has 2 rings (SSSR count). The number of guanidine groups is 1. The summed E-state index contributed by atoms with van der Waals surface area (Å²) < 4.78 is 0. The first kappa shape index (κ1) is 21.2. The van der Waals surface area contributed by atoms with E-state index in [1.807, 2.05) is 31.2 Å². The summed E-state index contributed by atoms with van der Waals surface area (Å²) in [6.07, 6.45) is 0. The van der Waals surface area contributed by atoms with E-state index in [0.717, 1.165) is 33.8 Å². The van der Waals surface area contributed by atoms with E-state index in [2.05, 4.69) is 41.4 Å². The summed E-state index contributed by atoms with van der Waals surface area (Å²) in [4.78, 5) is 10.4. The molecule has 0 aliphatic rings. The minimum Gasteiger partial charge on any atom is -0.357 e. The lowest BCUT2D eigenvalue weighted by atomic mass is 10.1. The van der Waals surface area contributed by atoms with Crippen molar-refractivity contribution in [3.63, 3.8) is 0 Å². The minimum atomic E-state index is 0. The Labute approximate surface area is 170 Å². The molecule has 2 aromatic rings. The van der Waals surface area contributed by atoms with Crippen LogP contribution in [0.1, 0.15) is 41.0 Å². The maximum atomic E-state index is 6.26. The molecule has 0 radical (unpaired) electrons. The highest BCUT2D eigenvalue weighted by molar-refractivity contribution is 14.0. The highest BCUT2D eigenvalue weighted by Gasteiger charge is 2.11. The first-order chi connectivity index (χ1) is 11.0. The van der Waals surface area contributed by atoms with Crippen molar-refractivity contribution < 1.29 is 0 Å². The van der Waals surface area contributed by atoms with Crippen LogP contribution >= 0.6 is 46.9 Å². The number of hydrogen-bond donors (Lipinski definition) is 2. The van der Waals surface area contributed by atoms with Crippen molar-refractivity contribution in [1.29, 1.82) is 0 Å². The van der Waals surface area contributed by atoms with Crippen LogP contribution < -0.4 is 10.6 Å². The predicted octanol–water partition coefficient (Wildman–Crippen LogP) is 4.85. The third kappa shape index (κ3) is 5.89. The molecule has 0 saturated carbocycles. The molecule has 1 atom stereocenters. The highest BCUT2D eigenvalue weighted by Crippen LogP contribution is 2.22. The third-order valence-corrected chi connectivity index (χ3v) is 4.92. The van der Waals surface area contributed by atoms with Crippen molar-refractivity contribution in [3.8, 4) is 0 Å². The van der Waals surface area contributed by atoms with E-state index in [4.69, 9.17) is 11.6 Å². The van der Waals surface area contributed by atoms with Crippen LogP contribution in [-0.4, -0.2) is 17.5 Å². The van der Waals surface area contributed by atoms with Gasteiger partial charge in [-0.05, 0) is 39.3 Å². The molecule has 0 aliphatic heterocycles. The van der Waals surface area contributed by atoms with Gasteiger partial charge >= 0.3 is 0 Å². The zero-order valence-electron chi connectivity index (χ0n) is 14.4. The molecule has 1 heterocycles. The van der Waals surface area contributed by atoms with Crippen LogP contribution in [0.15, 0.2) is 29.3 Å². The van der Waals surface area contributed by atoms with Crippen molar-refractivity contribution in [2.24, 2.45) is 4.99 Å². The zero-order valence-corrected chi connectivity index (χ0v) is 18.3. The fraction of sp³-hybridized carbons (Fsp3) is 0.412. The number of aryl methyl sites for hydroxylation is 2. The lowest BCUT2D eigenvalue weighted by molar-refractivity contribution is 0.686. The molecule has 0 spiro atoms. The molecule has 24 heavy (non-hydrogen) atoms. The van der Waals surface area contributed by atoms with Crippen molar-refractivity contribution in [1.82, 2.24) is 15.6 Å². The van der Waals surface area contributed by atoms with Gasteiger partial charge in [-0.1, -0.05) is 29.8 Å². The Bertz CT molecular complexity index is 667. The summed E-state index contributed by atoms with van der Waals surface area (Å²) in [6.45, 7) is 9.62. The number of nitrogens with zero attached hydrogens (tertiary/aromatic N) is 2. The van der Waals surface area contributed by atoms with E-state index in [-0.39, 0.29) is 30.0 Å². The van der Waals surface area contributed by atoms with Gasteiger partial charge in [-0.3, -0.25) is 0 Å². The number of hydrogen-bond acceptors (Lipinski definition) is 3. The largest absolute Gasteiger partial charge is 0.357 e. The Kier molecular flexibility index (Phi) is 9.01. The molecule has 4 nitrogen and oxygen atoms in total. The monoisotopic (exact) mass is 478 g/mol. The van der Waals surface area contributed by atoms with Crippen molar-refractivity contribution in [2.45, 2.75) is 40.3 Å². The Morgan fingerprint density at radius 3 is 2.62 bits per heavy atom. The second kappa shape index (κ2) is 10.2. The predicted molar refractivity (Wildman–Crippen MR) is 115 cm³/mol. The summed E-state index contributed by atoms with van der Waals surface area (Å²) in [6, 6.07) is 7.92. The Hall–Kier alpha value is -0.860. The molecule has 1 unspecified atom stereocenters. The van der Waals surface area contributed by atoms with E-state index in [1.54, 1.807) is 11.3 Å². The smallest absolute Gasteiger partial charge is 0.192 e. The van der Waals surface area contributed by atoms with Crippen LogP contribution in [0.3, 0.4) is 0 Å². The van der Waals surface area contributed by atoms with Crippen molar-refractivity contribution in [2.75, 3.05) is 6.54 Å². The third-order valence-electron chi connectivity index (χ3n) is 3.51. The first-order valence-electron chi connectivity index (χ1n) is 7.73. The topological polar surface area (TPSA) is 49.3 Å². The summed E-state index contributed by atoms with van der Waals surface area (Å²) >= 11 is 7.96. The van der Waals surface area contributed by atoms with Gasteiger partial charge in [0.15, 0.2) is 5.96 Å². The van der Waals surface area contributed by atoms with Crippen LogP contribution in [0.2, 0.25) is 5.02 Å². The van der Waals surface area contributed by atoms with Crippen LogP contribution in [-0.2, 0) is 6.54 Å². The summed E-state index contributed by atoms with van der Waals surface area (Å²) in [5.41, 5.74) is 2.14. The highest BCUT2D eigenvalue weighted by atomic mass is 127. The fourth-order valence-electron chi connectivity index (χ4n) is 2.18. The Morgan fingerprint density at radius 2 is 2.04 bits per heavy atom. The van der Waals surface area contributed by atoms with Crippen molar-refractivity contribution >= 4 is 52.9 Å². The maximum absolute atomic E-state index is 6.26. The number of thiazole rings is 1. The van der Waals surface area contributed by atoms with E-state index in [0.29, 0.717) is 6.54 Å². The number of aromatic nitrogens is 1. The normalized spacial score (nSPS) is 12.5. The van der Waals surface area contributed by atoms with Crippen LogP contribution in [0.25, 0.3) is 0 Å². The van der Waals surface area contributed by atoms with Gasteiger partial charge in [-0.25, -0.2) is 9.98 Å². The minimum absolute atomic E-state index is 0. The van der Waals surface area contributed by atoms with E-state index in [9.17, 15) is 0 Å². The van der Waals surface area contributed by atoms with Gasteiger partial charge in [0, 0.05) is 16.4 Å². The second-order valence-corrected chi connectivity index (χ2v) is 7.03. The maximum Gasteiger partial charge on any atom is 0.192 e. The van der Waals surface area contributed by atoms with E-state index in [1.165, 1.54) is 4.88 Å². The molecule has 132 valence electrons. The summed E-state index contributed by atoms with van der Waals surface area (Å²) in [7, 11) is 0. The number of rotatable bonds is 5. The first-order valence-corrected chi connectivity index (χ1v) is 8.93. The van der Waals surface area contributed by atoms with Gasteiger partial charge in [0.1, 0.15) is 5.01 Å². The quantitative estimate of drug-likeness (QED) is 0.367. The zero-order chi connectivity index (χ0) is 16.8. The average molecular weight is 479 g/mol. The van der Waals surface area contributed by atoms with Crippen LogP contribution in [0.5, 0.6) is 0 Å². The molecule has 1 aromatic heterocycles. The fourth-order valence-corrected chi connectivity index (χ4v) is 3.34. The van der Waals surface area contributed by atoms with E-state index < -0.39 is 0 Å².